The summed E-state index contributed by atoms with van der Waals surface area (Å²) in [6, 6.07) is 17.7. The predicted octanol–water partition coefficient (Wildman–Crippen LogP) is 7.57. The minimum Gasteiger partial charge on any atom is -0.489 e. The summed E-state index contributed by atoms with van der Waals surface area (Å²) in [4.78, 5) is 11.8. The highest BCUT2D eigenvalue weighted by Gasteiger charge is 2.40. The monoisotopic (exact) mass is 553 g/mol. The first-order chi connectivity index (χ1) is 17.1. The number of ether oxygens (including phenoxy) is 1. The van der Waals surface area contributed by atoms with Crippen LogP contribution in [0.2, 0.25) is 10.0 Å². The Hall–Kier alpha value is -3.34. The minimum absolute atomic E-state index is 0.00842. The second-order valence-electron chi connectivity index (χ2n) is 7.42. The molecule has 186 valence electrons. The largest absolute Gasteiger partial charge is 0.489 e. The van der Waals surface area contributed by atoms with Crippen LogP contribution in [0.3, 0.4) is 0 Å². The van der Waals surface area contributed by atoms with Gasteiger partial charge in [0, 0.05) is 26.9 Å². The van der Waals surface area contributed by atoms with Crippen molar-refractivity contribution in [2.75, 3.05) is 5.32 Å². The van der Waals surface area contributed by atoms with Gasteiger partial charge in [-0.15, -0.1) is 5.10 Å². The summed E-state index contributed by atoms with van der Waals surface area (Å²) in [5.41, 5.74) is 0.690. The quantitative estimate of drug-likeness (QED) is 0.179. The Balaban J connectivity index is 1.54. The standard InChI is InChI=1S/C24H16Cl2F3N3O3S/c25-15-5-8-17(9-6-15)34-12-14-3-1-2-4-18(14)22-31-32(23(36)35-22)13-30-20-10-7-16(26)11-19(20)21(33)24(27,28)29/h1-11,30H,12-13H2. The molecule has 3 aromatic carbocycles. The van der Waals surface area contributed by atoms with Crippen molar-refractivity contribution in [3.05, 3.63) is 92.7 Å². The second-order valence-corrected chi connectivity index (χ2v) is 8.65. The van der Waals surface area contributed by atoms with E-state index in [-0.39, 0.29) is 34.7 Å². The number of nitrogens with one attached hydrogen (secondary N) is 1. The zero-order valence-electron chi connectivity index (χ0n) is 18.2. The van der Waals surface area contributed by atoms with Crippen molar-refractivity contribution >= 4 is 46.9 Å². The lowest BCUT2D eigenvalue weighted by Crippen LogP contribution is -2.24. The van der Waals surface area contributed by atoms with Crippen LogP contribution in [0.1, 0.15) is 15.9 Å². The number of Topliss-reactive ketones (excluding diaryl/α,β-unsaturated/α-hetero) is 1. The zero-order chi connectivity index (χ0) is 25.9. The maximum atomic E-state index is 13.0. The van der Waals surface area contributed by atoms with Crippen LogP contribution in [-0.4, -0.2) is 21.7 Å². The molecule has 0 amide bonds. The number of halogens is 5. The van der Waals surface area contributed by atoms with Crippen molar-refractivity contribution < 1.29 is 27.1 Å². The van der Waals surface area contributed by atoms with Crippen LogP contribution in [-0.2, 0) is 13.3 Å². The lowest BCUT2D eigenvalue weighted by atomic mass is 10.1. The van der Waals surface area contributed by atoms with Crippen LogP contribution in [0.5, 0.6) is 5.75 Å². The molecule has 0 aliphatic heterocycles. The van der Waals surface area contributed by atoms with E-state index in [1.165, 1.54) is 16.8 Å². The topological polar surface area (TPSA) is 69.3 Å². The first kappa shape index (κ1) is 25.7. The average molecular weight is 554 g/mol. The number of hydrogen-bond acceptors (Lipinski definition) is 6. The van der Waals surface area contributed by atoms with Crippen LogP contribution in [0, 0.1) is 4.84 Å². The summed E-state index contributed by atoms with van der Waals surface area (Å²) in [5, 5.41) is 7.66. The number of aromatic nitrogens is 2. The number of anilines is 1. The first-order valence-electron chi connectivity index (χ1n) is 10.3. The van der Waals surface area contributed by atoms with Crippen molar-refractivity contribution in [2.24, 2.45) is 0 Å². The minimum atomic E-state index is -5.06. The third kappa shape index (κ3) is 6.07. The van der Waals surface area contributed by atoms with Crippen molar-refractivity contribution in [3.8, 4) is 17.2 Å². The zero-order valence-corrected chi connectivity index (χ0v) is 20.5. The number of nitrogens with zero attached hydrogens (tertiary/aromatic N) is 2. The molecule has 0 radical (unpaired) electrons. The molecule has 1 aromatic heterocycles. The van der Waals surface area contributed by atoms with E-state index in [0.29, 0.717) is 16.3 Å². The molecule has 0 fully saturated rings. The fraction of sp³-hybridized carbons (Fsp3) is 0.125. The Kier molecular flexibility index (Phi) is 7.67. The lowest BCUT2D eigenvalue weighted by molar-refractivity contribution is -0.0884. The van der Waals surface area contributed by atoms with Gasteiger partial charge in [0.1, 0.15) is 19.0 Å². The van der Waals surface area contributed by atoms with Gasteiger partial charge in [-0.3, -0.25) is 4.79 Å². The molecule has 0 aliphatic carbocycles. The molecule has 36 heavy (non-hydrogen) atoms. The molecule has 0 spiro atoms. The number of ketones is 1. The van der Waals surface area contributed by atoms with Crippen LogP contribution < -0.4 is 10.1 Å². The molecule has 0 saturated heterocycles. The molecule has 1 N–H and O–H groups in total. The Bertz CT molecular complexity index is 1450. The normalized spacial score (nSPS) is 11.4. The third-order valence-corrected chi connectivity index (χ3v) is 5.75. The fourth-order valence-corrected chi connectivity index (χ4v) is 3.72. The van der Waals surface area contributed by atoms with E-state index in [1.807, 2.05) is 12.1 Å². The maximum Gasteiger partial charge on any atom is 0.454 e. The fourth-order valence-electron chi connectivity index (χ4n) is 3.23. The first-order valence-corrected chi connectivity index (χ1v) is 11.5. The number of carbonyl (C=O) groups is 1. The summed E-state index contributed by atoms with van der Waals surface area (Å²) >= 11 is 16.9. The molecule has 0 aliphatic rings. The van der Waals surface area contributed by atoms with E-state index < -0.39 is 17.5 Å². The van der Waals surface area contributed by atoms with Crippen LogP contribution in [0.4, 0.5) is 18.9 Å². The van der Waals surface area contributed by atoms with Crippen molar-refractivity contribution in [2.45, 2.75) is 19.5 Å². The Morgan fingerprint density at radius 1 is 1.06 bits per heavy atom. The molecule has 12 heteroatoms. The summed E-state index contributed by atoms with van der Waals surface area (Å²) in [6.45, 7) is 0.0461. The molecule has 0 unspecified atom stereocenters. The van der Waals surface area contributed by atoms with Crippen molar-refractivity contribution in [3.63, 3.8) is 0 Å². The molecule has 0 saturated carbocycles. The van der Waals surface area contributed by atoms with Gasteiger partial charge in [0.05, 0.1) is 5.56 Å². The van der Waals surface area contributed by atoms with E-state index in [0.717, 1.165) is 11.6 Å². The summed E-state index contributed by atoms with van der Waals surface area (Å²) in [5.74, 6) is -1.21. The van der Waals surface area contributed by atoms with E-state index in [4.69, 9.17) is 44.6 Å². The number of rotatable bonds is 8. The predicted molar refractivity (Wildman–Crippen MR) is 132 cm³/mol. The highest BCUT2D eigenvalue weighted by atomic mass is 35.5. The highest BCUT2D eigenvalue weighted by Crippen LogP contribution is 2.29. The second kappa shape index (κ2) is 10.7. The van der Waals surface area contributed by atoms with Gasteiger partial charge in [0.25, 0.3) is 10.6 Å². The van der Waals surface area contributed by atoms with Crippen molar-refractivity contribution in [1.82, 2.24) is 9.78 Å². The molecule has 6 nitrogen and oxygen atoms in total. The molecular weight excluding hydrogens is 538 g/mol. The Morgan fingerprint density at radius 3 is 2.47 bits per heavy atom. The average Bonchev–Trinajstić information content (AvgIpc) is 3.22. The molecule has 0 atom stereocenters. The highest BCUT2D eigenvalue weighted by molar-refractivity contribution is 7.71. The summed E-state index contributed by atoms with van der Waals surface area (Å²) in [6.07, 6.45) is -5.06. The van der Waals surface area contributed by atoms with E-state index in [1.54, 1.807) is 36.4 Å². The van der Waals surface area contributed by atoms with E-state index >= 15 is 0 Å². The number of hydrogen-bond donors (Lipinski definition) is 1. The number of benzene rings is 3. The Morgan fingerprint density at radius 2 is 1.75 bits per heavy atom. The van der Waals surface area contributed by atoms with Gasteiger partial charge in [-0.2, -0.15) is 13.2 Å². The van der Waals surface area contributed by atoms with Gasteiger partial charge in [0.15, 0.2) is 0 Å². The molecule has 4 aromatic rings. The Labute approximate surface area is 218 Å². The van der Waals surface area contributed by atoms with Gasteiger partial charge >= 0.3 is 6.18 Å². The number of carbonyl (C=O) groups excluding carboxylic acids is 1. The van der Waals surface area contributed by atoms with Crippen LogP contribution in [0.25, 0.3) is 11.5 Å². The summed E-state index contributed by atoms with van der Waals surface area (Å²) < 4.78 is 51.7. The van der Waals surface area contributed by atoms with Gasteiger partial charge < -0.3 is 14.5 Å². The van der Waals surface area contributed by atoms with Crippen LogP contribution in [0.15, 0.2) is 71.1 Å². The van der Waals surface area contributed by atoms with Gasteiger partial charge in [0.2, 0.25) is 5.89 Å². The van der Waals surface area contributed by atoms with Crippen molar-refractivity contribution in [1.29, 1.82) is 0 Å². The molecule has 0 bridgehead atoms. The van der Waals surface area contributed by atoms with Gasteiger partial charge in [-0.1, -0.05) is 41.4 Å². The smallest absolute Gasteiger partial charge is 0.454 e. The number of alkyl halides is 3. The summed E-state index contributed by atoms with van der Waals surface area (Å²) in [7, 11) is 0. The molecule has 1 heterocycles. The third-order valence-electron chi connectivity index (χ3n) is 4.96. The van der Waals surface area contributed by atoms with Crippen LogP contribution >= 0.6 is 35.4 Å². The molecule has 4 rings (SSSR count). The van der Waals surface area contributed by atoms with E-state index in [2.05, 4.69) is 10.4 Å². The van der Waals surface area contributed by atoms with Gasteiger partial charge in [-0.05, 0) is 60.7 Å². The van der Waals surface area contributed by atoms with Gasteiger partial charge in [-0.25, -0.2) is 4.68 Å². The van der Waals surface area contributed by atoms with E-state index in [9.17, 15) is 18.0 Å². The SMILES string of the molecule is O=C(c1cc(Cl)ccc1NCn1nc(-c2ccccc2COc2ccc(Cl)cc2)oc1=S)C(F)(F)F. The molecular formula is C24H16Cl2F3N3O3S. The maximum absolute atomic E-state index is 13.0. The lowest BCUT2D eigenvalue weighted by Gasteiger charge is -2.13.